The van der Waals surface area contributed by atoms with Gasteiger partial charge in [0.2, 0.25) is 10.0 Å². The highest BCUT2D eigenvalue weighted by atomic mass is 32.2. The SMILES string of the molecule is CCNC(=NCCNS(C)(=O)=O)NC1CCc2nc(C)nn2C1. The molecule has 2 heterocycles. The molecule has 0 fully saturated rings. The largest absolute Gasteiger partial charge is 0.357 e. The number of hydrogen-bond donors (Lipinski definition) is 3. The Balaban J connectivity index is 1.89. The Kier molecular flexibility index (Phi) is 5.94. The van der Waals surface area contributed by atoms with Crippen LogP contribution in [0.4, 0.5) is 0 Å². The number of rotatable bonds is 6. The third kappa shape index (κ3) is 5.79. The van der Waals surface area contributed by atoms with Gasteiger partial charge in [0.1, 0.15) is 11.6 Å². The van der Waals surface area contributed by atoms with Gasteiger partial charge in [-0.2, -0.15) is 5.10 Å². The fraction of sp³-hybridized carbons (Fsp3) is 0.769. The highest BCUT2D eigenvalue weighted by molar-refractivity contribution is 7.88. The van der Waals surface area contributed by atoms with Crippen LogP contribution in [0.1, 0.15) is 25.0 Å². The maximum absolute atomic E-state index is 11.0. The molecule has 1 aromatic rings. The average Bonchev–Trinajstić information content (AvgIpc) is 2.82. The molecular weight excluding hydrogens is 318 g/mol. The second-order valence-corrected chi connectivity index (χ2v) is 7.40. The van der Waals surface area contributed by atoms with Gasteiger partial charge in [-0.3, -0.25) is 4.99 Å². The van der Waals surface area contributed by atoms with Crippen molar-refractivity contribution < 1.29 is 8.42 Å². The van der Waals surface area contributed by atoms with Crippen molar-refractivity contribution in [2.45, 2.75) is 39.3 Å². The molecule has 0 saturated carbocycles. The lowest BCUT2D eigenvalue weighted by molar-refractivity contribution is 0.392. The number of nitrogens with zero attached hydrogens (tertiary/aromatic N) is 4. The van der Waals surface area contributed by atoms with Crippen LogP contribution in [-0.2, 0) is 23.0 Å². The molecule has 130 valence electrons. The molecule has 0 aliphatic carbocycles. The van der Waals surface area contributed by atoms with Crippen LogP contribution in [-0.4, -0.2) is 61.1 Å². The number of fused-ring (bicyclic) bond motifs is 1. The van der Waals surface area contributed by atoms with Crippen LogP contribution in [0.5, 0.6) is 0 Å². The predicted octanol–water partition coefficient (Wildman–Crippen LogP) is -0.994. The molecule has 0 amide bonds. The number of guanidine groups is 1. The number of sulfonamides is 1. The van der Waals surface area contributed by atoms with E-state index in [0.29, 0.717) is 12.5 Å². The van der Waals surface area contributed by atoms with Crippen molar-refractivity contribution in [3.8, 4) is 0 Å². The van der Waals surface area contributed by atoms with E-state index in [1.54, 1.807) is 0 Å². The third-order valence-corrected chi connectivity index (χ3v) is 4.12. The smallest absolute Gasteiger partial charge is 0.208 e. The molecule has 10 heteroatoms. The summed E-state index contributed by atoms with van der Waals surface area (Å²) < 4.78 is 26.4. The van der Waals surface area contributed by atoms with Gasteiger partial charge in [-0.05, 0) is 20.3 Å². The van der Waals surface area contributed by atoms with E-state index in [9.17, 15) is 8.42 Å². The topological polar surface area (TPSA) is 113 Å². The molecular formula is C13H25N7O2S. The number of aryl methyl sites for hydroxylation is 2. The second kappa shape index (κ2) is 7.73. The summed E-state index contributed by atoms with van der Waals surface area (Å²) in [6.07, 6.45) is 2.98. The summed E-state index contributed by atoms with van der Waals surface area (Å²) >= 11 is 0. The molecule has 3 N–H and O–H groups in total. The van der Waals surface area contributed by atoms with Crippen LogP contribution in [0.2, 0.25) is 0 Å². The summed E-state index contributed by atoms with van der Waals surface area (Å²) in [4.78, 5) is 8.79. The van der Waals surface area contributed by atoms with E-state index in [4.69, 9.17) is 0 Å². The van der Waals surface area contributed by atoms with E-state index in [1.165, 1.54) is 0 Å². The molecule has 23 heavy (non-hydrogen) atoms. The normalized spacial score (nSPS) is 18.6. The Bertz CT molecular complexity index is 653. The molecule has 0 spiro atoms. The number of aliphatic imine (C=N–C) groups is 1. The number of nitrogens with one attached hydrogen (secondary N) is 3. The minimum Gasteiger partial charge on any atom is -0.357 e. The molecule has 0 radical (unpaired) electrons. The fourth-order valence-electron chi connectivity index (χ4n) is 2.46. The Labute approximate surface area is 137 Å². The van der Waals surface area contributed by atoms with Crippen molar-refractivity contribution >= 4 is 16.0 Å². The van der Waals surface area contributed by atoms with Crippen LogP contribution < -0.4 is 15.4 Å². The molecule has 9 nitrogen and oxygen atoms in total. The van der Waals surface area contributed by atoms with Crippen molar-refractivity contribution in [1.29, 1.82) is 0 Å². The molecule has 1 aromatic heterocycles. The molecule has 0 bridgehead atoms. The van der Waals surface area contributed by atoms with Gasteiger partial charge >= 0.3 is 0 Å². The highest BCUT2D eigenvalue weighted by Gasteiger charge is 2.21. The van der Waals surface area contributed by atoms with Gasteiger partial charge in [-0.1, -0.05) is 0 Å². The lowest BCUT2D eigenvalue weighted by Crippen LogP contribution is -2.47. The monoisotopic (exact) mass is 343 g/mol. The van der Waals surface area contributed by atoms with Crippen molar-refractivity contribution in [1.82, 2.24) is 30.1 Å². The lowest BCUT2D eigenvalue weighted by Gasteiger charge is -2.25. The number of aromatic nitrogens is 3. The van der Waals surface area contributed by atoms with Gasteiger partial charge in [0.25, 0.3) is 0 Å². The predicted molar refractivity (Wildman–Crippen MR) is 88.8 cm³/mol. The van der Waals surface area contributed by atoms with Gasteiger partial charge in [-0.15, -0.1) is 0 Å². The second-order valence-electron chi connectivity index (χ2n) is 5.56. The van der Waals surface area contributed by atoms with Crippen molar-refractivity contribution in [2.24, 2.45) is 4.99 Å². The number of hydrogen-bond acceptors (Lipinski definition) is 5. The van der Waals surface area contributed by atoms with Crippen LogP contribution in [0.15, 0.2) is 4.99 Å². The summed E-state index contributed by atoms with van der Waals surface area (Å²) in [5.41, 5.74) is 0. The van der Waals surface area contributed by atoms with Crippen LogP contribution >= 0.6 is 0 Å². The van der Waals surface area contributed by atoms with Gasteiger partial charge in [0, 0.05) is 25.6 Å². The van der Waals surface area contributed by atoms with Crippen LogP contribution in [0.3, 0.4) is 0 Å². The Morgan fingerprint density at radius 2 is 2.26 bits per heavy atom. The first-order valence-corrected chi connectivity index (χ1v) is 9.66. The lowest BCUT2D eigenvalue weighted by atomic mass is 10.1. The summed E-state index contributed by atoms with van der Waals surface area (Å²) in [5.74, 6) is 2.51. The first-order valence-electron chi connectivity index (χ1n) is 7.77. The van der Waals surface area contributed by atoms with Crippen molar-refractivity contribution in [2.75, 3.05) is 25.9 Å². The summed E-state index contributed by atoms with van der Waals surface area (Å²) in [6, 6.07) is 0.226. The Hall–Kier alpha value is -1.68. The Morgan fingerprint density at radius 1 is 1.48 bits per heavy atom. The van der Waals surface area contributed by atoms with E-state index in [0.717, 1.165) is 43.8 Å². The average molecular weight is 343 g/mol. The molecule has 2 rings (SSSR count). The molecule has 1 unspecified atom stereocenters. The fourth-order valence-corrected chi connectivity index (χ4v) is 2.93. The van der Waals surface area contributed by atoms with E-state index >= 15 is 0 Å². The molecule has 1 atom stereocenters. The maximum atomic E-state index is 11.0. The summed E-state index contributed by atoms with van der Waals surface area (Å²) in [6.45, 7) is 6.04. The molecule has 0 saturated heterocycles. The van der Waals surface area contributed by atoms with Gasteiger partial charge in [0.05, 0.1) is 19.3 Å². The zero-order valence-electron chi connectivity index (χ0n) is 13.8. The molecule has 1 aliphatic heterocycles. The van der Waals surface area contributed by atoms with Crippen molar-refractivity contribution in [3.05, 3.63) is 11.6 Å². The zero-order valence-corrected chi connectivity index (χ0v) is 14.7. The van der Waals surface area contributed by atoms with Crippen molar-refractivity contribution in [3.63, 3.8) is 0 Å². The van der Waals surface area contributed by atoms with E-state index in [2.05, 4.69) is 30.4 Å². The Morgan fingerprint density at radius 3 is 2.96 bits per heavy atom. The quantitative estimate of drug-likeness (QED) is 0.347. The van der Waals surface area contributed by atoms with E-state index < -0.39 is 10.0 Å². The highest BCUT2D eigenvalue weighted by Crippen LogP contribution is 2.12. The molecule has 1 aliphatic rings. The first-order chi connectivity index (χ1) is 10.9. The zero-order chi connectivity index (χ0) is 16.9. The maximum Gasteiger partial charge on any atom is 0.208 e. The minimum absolute atomic E-state index is 0.226. The first kappa shape index (κ1) is 17.7. The van der Waals surface area contributed by atoms with E-state index in [-0.39, 0.29) is 12.6 Å². The minimum atomic E-state index is -3.17. The van der Waals surface area contributed by atoms with Gasteiger partial charge in [0.15, 0.2) is 5.96 Å². The van der Waals surface area contributed by atoms with Crippen LogP contribution in [0, 0.1) is 6.92 Å². The van der Waals surface area contributed by atoms with E-state index in [1.807, 2.05) is 18.5 Å². The summed E-state index contributed by atoms with van der Waals surface area (Å²) in [5, 5.41) is 10.9. The van der Waals surface area contributed by atoms with Gasteiger partial charge < -0.3 is 10.6 Å². The standard InChI is InChI=1S/C13H25N7O2S/c1-4-14-13(15-7-8-16-23(3,21)22)18-11-5-6-12-17-10(2)19-20(12)9-11/h11,16H,4-9H2,1-3H3,(H2,14,15,18). The van der Waals surface area contributed by atoms with Gasteiger partial charge in [-0.25, -0.2) is 22.8 Å². The summed E-state index contributed by atoms with van der Waals surface area (Å²) in [7, 11) is -3.17. The third-order valence-electron chi connectivity index (χ3n) is 3.40. The molecule has 0 aromatic carbocycles. The van der Waals surface area contributed by atoms with Crippen LogP contribution in [0.25, 0.3) is 0 Å².